The summed E-state index contributed by atoms with van der Waals surface area (Å²) in [6.45, 7) is 1.96. The summed E-state index contributed by atoms with van der Waals surface area (Å²) in [5.41, 5.74) is 2.20. The Morgan fingerprint density at radius 3 is 2.69 bits per heavy atom. The van der Waals surface area contributed by atoms with Crippen LogP contribution in [0.4, 0.5) is 0 Å². The van der Waals surface area contributed by atoms with E-state index in [1.54, 1.807) is 15.4 Å². The molecular formula is C20H16N4O2. The fraction of sp³-hybridized carbons (Fsp3) is 0.150. The minimum atomic E-state index is -0.178. The second-order valence-corrected chi connectivity index (χ2v) is 5.84. The summed E-state index contributed by atoms with van der Waals surface area (Å²) in [5.74, 6) is 6.66. The maximum absolute atomic E-state index is 13.2. The molecule has 0 amide bonds. The molecule has 0 atom stereocenters. The normalized spacial score (nSPS) is 10.7. The molecule has 3 aromatic heterocycles. The van der Waals surface area contributed by atoms with E-state index in [-0.39, 0.29) is 5.56 Å². The standard InChI is InChI=1S/C20H16N4O2/c1-3-17-22-19-18(20(25)24(17)16-7-5-4-6-8-16)15(13-26-19)10-9-14-11-21-23(2)12-14/h4-8,11-13H,3H2,1-2H3. The Labute approximate surface area is 149 Å². The van der Waals surface area contributed by atoms with Gasteiger partial charge in [0, 0.05) is 19.7 Å². The van der Waals surface area contributed by atoms with Gasteiger partial charge in [0.05, 0.1) is 23.0 Å². The fourth-order valence-electron chi connectivity index (χ4n) is 2.83. The van der Waals surface area contributed by atoms with Gasteiger partial charge in [-0.05, 0) is 12.1 Å². The summed E-state index contributed by atoms with van der Waals surface area (Å²) < 4.78 is 8.80. The predicted octanol–water partition coefficient (Wildman–Crippen LogP) is 2.67. The minimum absolute atomic E-state index is 0.178. The van der Waals surface area contributed by atoms with Crippen molar-refractivity contribution >= 4 is 11.1 Å². The van der Waals surface area contributed by atoms with Gasteiger partial charge in [0.2, 0.25) is 5.71 Å². The van der Waals surface area contributed by atoms with Crippen LogP contribution in [0.25, 0.3) is 16.8 Å². The Morgan fingerprint density at radius 2 is 2.00 bits per heavy atom. The van der Waals surface area contributed by atoms with Crippen LogP contribution >= 0.6 is 0 Å². The van der Waals surface area contributed by atoms with Crippen LogP contribution in [0, 0.1) is 11.8 Å². The molecule has 0 aliphatic heterocycles. The molecule has 0 aliphatic carbocycles. The van der Waals surface area contributed by atoms with Gasteiger partial charge >= 0.3 is 0 Å². The molecule has 0 fully saturated rings. The van der Waals surface area contributed by atoms with E-state index in [4.69, 9.17) is 4.42 Å². The van der Waals surface area contributed by atoms with E-state index in [0.29, 0.717) is 28.9 Å². The van der Waals surface area contributed by atoms with Crippen LogP contribution in [0.2, 0.25) is 0 Å². The molecule has 6 heteroatoms. The van der Waals surface area contributed by atoms with Gasteiger partial charge in [0.15, 0.2) is 0 Å². The van der Waals surface area contributed by atoms with Crippen LogP contribution in [0.1, 0.15) is 23.9 Å². The number of rotatable bonds is 2. The maximum Gasteiger partial charge on any atom is 0.270 e. The summed E-state index contributed by atoms with van der Waals surface area (Å²) in [7, 11) is 1.83. The number of nitrogens with zero attached hydrogens (tertiary/aromatic N) is 4. The van der Waals surface area contributed by atoms with Crippen LogP contribution in [0.15, 0.2) is 58.2 Å². The average Bonchev–Trinajstić information content (AvgIpc) is 3.26. The van der Waals surface area contributed by atoms with Crippen LogP contribution < -0.4 is 5.56 Å². The molecule has 1 aromatic carbocycles. The van der Waals surface area contributed by atoms with E-state index in [2.05, 4.69) is 21.9 Å². The third-order valence-electron chi connectivity index (χ3n) is 4.05. The highest BCUT2D eigenvalue weighted by Crippen LogP contribution is 2.18. The monoisotopic (exact) mass is 344 g/mol. The van der Waals surface area contributed by atoms with Gasteiger partial charge in [-0.15, -0.1) is 0 Å². The minimum Gasteiger partial charge on any atom is -0.445 e. The lowest BCUT2D eigenvalue weighted by atomic mass is 10.2. The third-order valence-corrected chi connectivity index (χ3v) is 4.05. The number of hydrogen-bond acceptors (Lipinski definition) is 4. The zero-order valence-electron chi connectivity index (χ0n) is 14.4. The molecule has 0 saturated carbocycles. The Hall–Kier alpha value is -3.59. The quantitative estimate of drug-likeness (QED) is 0.525. The van der Waals surface area contributed by atoms with Crippen molar-refractivity contribution in [3.63, 3.8) is 0 Å². The Bertz CT molecular complexity index is 1200. The van der Waals surface area contributed by atoms with E-state index in [9.17, 15) is 4.79 Å². The average molecular weight is 344 g/mol. The highest BCUT2D eigenvalue weighted by molar-refractivity contribution is 5.80. The van der Waals surface area contributed by atoms with Crippen LogP contribution in [0.5, 0.6) is 0 Å². The van der Waals surface area contributed by atoms with E-state index < -0.39 is 0 Å². The van der Waals surface area contributed by atoms with Crippen LogP contribution in [-0.4, -0.2) is 19.3 Å². The summed E-state index contributed by atoms with van der Waals surface area (Å²) in [4.78, 5) is 17.7. The van der Waals surface area contributed by atoms with Crippen molar-refractivity contribution in [3.05, 3.63) is 76.3 Å². The van der Waals surface area contributed by atoms with Gasteiger partial charge in [-0.1, -0.05) is 37.0 Å². The predicted molar refractivity (Wildman–Crippen MR) is 98.2 cm³/mol. The van der Waals surface area contributed by atoms with E-state index >= 15 is 0 Å². The lowest BCUT2D eigenvalue weighted by Crippen LogP contribution is -2.23. The molecule has 0 saturated heterocycles. The van der Waals surface area contributed by atoms with Crippen molar-refractivity contribution in [1.82, 2.24) is 19.3 Å². The number of aromatic nitrogens is 4. The van der Waals surface area contributed by atoms with E-state index in [1.807, 2.05) is 50.5 Å². The largest absolute Gasteiger partial charge is 0.445 e. The maximum atomic E-state index is 13.2. The van der Waals surface area contributed by atoms with Crippen molar-refractivity contribution in [1.29, 1.82) is 0 Å². The van der Waals surface area contributed by atoms with Crippen molar-refractivity contribution < 1.29 is 4.42 Å². The Balaban J connectivity index is 1.93. The molecule has 0 N–H and O–H groups in total. The van der Waals surface area contributed by atoms with Gasteiger partial charge in [-0.25, -0.2) is 0 Å². The zero-order valence-corrected chi connectivity index (χ0v) is 14.4. The third kappa shape index (κ3) is 2.70. The first kappa shape index (κ1) is 15.9. The van der Waals surface area contributed by atoms with Gasteiger partial charge in [-0.3, -0.25) is 14.0 Å². The van der Waals surface area contributed by atoms with E-state index in [0.717, 1.165) is 11.3 Å². The molecular weight excluding hydrogens is 328 g/mol. The second-order valence-electron chi connectivity index (χ2n) is 5.84. The number of furan rings is 1. The number of para-hydroxylation sites is 1. The zero-order chi connectivity index (χ0) is 18.1. The summed E-state index contributed by atoms with van der Waals surface area (Å²) in [6, 6.07) is 9.47. The number of benzene rings is 1. The van der Waals surface area contributed by atoms with Gasteiger partial charge in [-0.2, -0.15) is 10.1 Å². The van der Waals surface area contributed by atoms with Gasteiger partial charge in [0.25, 0.3) is 5.56 Å². The van der Waals surface area contributed by atoms with Crippen molar-refractivity contribution in [3.8, 4) is 17.5 Å². The van der Waals surface area contributed by atoms with Crippen LogP contribution in [0.3, 0.4) is 0 Å². The molecule has 0 spiro atoms. The first-order valence-corrected chi connectivity index (χ1v) is 8.26. The summed E-state index contributed by atoms with van der Waals surface area (Å²) in [5, 5.41) is 4.48. The lowest BCUT2D eigenvalue weighted by molar-refractivity contribution is 0.596. The van der Waals surface area contributed by atoms with Crippen molar-refractivity contribution in [2.75, 3.05) is 0 Å². The first-order chi connectivity index (χ1) is 12.7. The molecule has 4 aromatic rings. The van der Waals surface area contributed by atoms with Crippen molar-refractivity contribution in [2.24, 2.45) is 7.05 Å². The van der Waals surface area contributed by atoms with E-state index in [1.165, 1.54) is 6.26 Å². The number of hydrogen-bond donors (Lipinski definition) is 0. The highest BCUT2D eigenvalue weighted by atomic mass is 16.3. The van der Waals surface area contributed by atoms with Gasteiger partial charge < -0.3 is 4.42 Å². The molecule has 0 bridgehead atoms. The van der Waals surface area contributed by atoms with Crippen molar-refractivity contribution in [2.45, 2.75) is 13.3 Å². The SMILES string of the molecule is CCc1nc2occ(C#Cc3cnn(C)c3)c2c(=O)n1-c1ccccc1. The number of aryl methyl sites for hydroxylation is 2. The Kier molecular flexibility index (Phi) is 3.90. The fourth-order valence-corrected chi connectivity index (χ4v) is 2.83. The Morgan fingerprint density at radius 1 is 1.19 bits per heavy atom. The highest BCUT2D eigenvalue weighted by Gasteiger charge is 2.16. The second kappa shape index (κ2) is 6.37. The summed E-state index contributed by atoms with van der Waals surface area (Å²) >= 11 is 0. The smallest absolute Gasteiger partial charge is 0.270 e. The molecule has 0 radical (unpaired) electrons. The molecule has 4 rings (SSSR count). The lowest BCUT2D eigenvalue weighted by Gasteiger charge is -2.10. The molecule has 0 aliphatic rings. The topological polar surface area (TPSA) is 65.8 Å². The molecule has 6 nitrogen and oxygen atoms in total. The molecule has 0 unspecified atom stereocenters. The molecule has 26 heavy (non-hydrogen) atoms. The summed E-state index contributed by atoms with van der Waals surface area (Å²) in [6.07, 6.45) is 5.57. The molecule has 3 heterocycles. The number of fused-ring (bicyclic) bond motifs is 1. The van der Waals surface area contributed by atoms with Crippen LogP contribution in [-0.2, 0) is 13.5 Å². The first-order valence-electron chi connectivity index (χ1n) is 8.26. The molecule has 128 valence electrons. The van der Waals surface area contributed by atoms with Gasteiger partial charge in [0.1, 0.15) is 17.5 Å².